The Bertz CT molecular complexity index is 1160. The highest BCUT2D eigenvalue weighted by molar-refractivity contribution is 5.93. The Balaban J connectivity index is 1.98. The quantitative estimate of drug-likeness (QED) is 0.479. The summed E-state index contributed by atoms with van der Waals surface area (Å²) in [5, 5.41) is 8.29. The topological polar surface area (TPSA) is 94.5 Å². The summed E-state index contributed by atoms with van der Waals surface area (Å²) in [6.45, 7) is 4.10. The number of aryl methyl sites for hydroxylation is 1. The molecule has 8 nitrogen and oxygen atoms in total. The molecule has 0 bridgehead atoms. The number of fused-ring (bicyclic) bond motifs is 1. The van der Waals surface area contributed by atoms with Crippen molar-refractivity contribution in [2.24, 2.45) is 0 Å². The summed E-state index contributed by atoms with van der Waals surface area (Å²) in [5.41, 5.74) is 2.97. The van der Waals surface area contributed by atoms with Gasteiger partial charge in [0.05, 0.1) is 31.0 Å². The summed E-state index contributed by atoms with van der Waals surface area (Å²) in [6.07, 6.45) is 0. The SMILES string of the molecule is COc1cc2nc(N(C)Cc3cccc(N(C)C(C)=N)c3)[nH]c(=O)c2c(C)c1OC. The Morgan fingerprint density at radius 2 is 1.93 bits per heavy atom. The third-order valence-electron chi connectivity index (χ3n) is 5.15. The minimum atomic E-state index is -0.229. The largest absolute Gasteiger partial charge is 0.493 e. The number of amidine groups is 1. The van der Waals surface area contributed by atoms with Gasteiger partial charge in [0.15, 0.2) is 11.5 Å². The van der Waals surface area contributed by atoms with E-state index in [1.165, 1.54) is 0 Å². The molecule has 0 amide bonds. The molecule has 0 aliphatic heterocycles. The second-order valence-corrected chi connectivity index (χ2v) is 7.19. The average molecular weight is 409 g/mol. The van der Waals surface area contributed by atoms with Gasteiger partial charge in [-0.3, -0.25) is 15.2 Å². The lowest BCUT2D eigenvalue weighted by molar-refractivity contribution is 0.354. The molecule has 0 atom stereocenters. The van der Waals surface area contributed by atoms with Crippen molar-refractivity contribution in [3.05, 3.63) is 51.8 Å². The average Bonchev–Trinajstić information content (AvgIpc) is 2.72. The standard InChI is InChI=1S/C22H27N5O3/c1-13-19-17(11-18(29-5)20(13)30-6)24-22(25-21(19)28)26(3)12-15-8-7-9-16(10-15)27(4)14(2)23/h7-11,23H,12H2,1-6H3,(H,24,25,28). The van der Waals surface area contributed by atoms with Crippen LogP contribution in [0.25, 0.3) is 10.9 Å². The third-order valence-corrected chi connectivity index (χ3v) is 5.15. The Labute approximate surface area is 175 Å². The van der Waals surface area contributed by atoms with Crippen molar-refractivity contribution in [3.8, 4) is 11.5 Å². The van der Waals surface area contributed by atoms with Crippen LogP contribution in [0.1, 0.15) is 18.1 Å². The Kier molecular flexibility index (Phi) is 5.96. The van der Waals surface area contributed by atoms with Crippen molar-refractivity contribution in [2.45, 2.75) is 20.4 Å². The summed E-state index contributed by atoms with van der Waals surface area (Å²) in [4.78, 5) is 24.0. The fourth-order valence-corrected chi connectivity index (χ4v) is 3.43. The van der Waals surface area contributed by atoms with Crippen LogP contribution in [-0.4, -0.2) is 44.1 Å². The molecule has 8 heteroatoms. The van der Waals surface area contributed by atoms with Crippen LogP contribution < -0.4 is 24.8 Å². The van der Waals surface area contributed by atoms with Gasteiger partial charge in [0, 0.05) is 38.0 Å². The molecule has 158 valence electrons. The lowest BCUT2D eigenvalue weighted by atomic mass is 10.1. The molecule has 3 aromatic rings. The lowest BCUT2D eigenvalue weighted by Gasteiger charge is -2.21. The molecule has 0 fully saturated rings. The van der Waals surface area contributed by atoms with Crippen LogP contribution in [0.5, 0.6) is 11.5 Å². The van der Waals surface area contributed by atoms with Gasteiger partial charge in [-0.1, -0.05) is 12.1 Å². The predicted molar refractivity (Wildman–Crippen MR) is 121 cm³/mol. The number of aromatic nitrogens is 2. The van der Waals surface area contributed by atoms with Crippen molar-refractivity contribution in [2.75, 3.05) is 38.1 Å². The van der Waals surface area contributed by atoms with E-state index < -0.39 is 0 Å². The highest BCUT2D eigenvalue weighted by Gasteiger charge is 2.17. The number of anilines is 2. The van der Waals surface area contributed by atoms with Gasteiger partial charge in [-0.25, -0.2) is 4.98 Å². The van der Waals surface area contributed by atoms with Gasteiger partial charge in [0.2, 0.25) is 5.95 Å². The number of H-pyrrole nitrogens is 1. The normalized spacial score (nSPS) is 10.7. The van der Waals surface area contributed by atoms with E-state index in [1.807, 2.05) is 55.1 Å². The monoisotopic (exact) mass is 409 g/mol. The van der Waals surface area contributed by atoms with E-state index in [1.54, 1.807) is 27.2 Å². The van der Waals surface area contributed by atoms with E-state index in [9.17, 15) is 4.79 Å². The van der Waals surface area contributed by atoms with Crippen LogP contribution >= 0.6 is 0 Å². The molecule has 3 rings (SSSR count). The first-order chi connectivity index (χ1) is 14.3. The maximum absolute atomic E-state index is 12.8. The molecule has 0 saturated heterocycles. The van der Waals surface area contributed by atoms with Crippen LogP contribution in [0.3, 0.4) is 0 Å². The van der Waals surface area contributed by atoms with Crippen molar-refractivity contribution >= 4 is 28.4 Å². The molecule has 0 aliphatic carbocycles. The van der Waals surface area contributed by atoms with Crippen molar-refractivity contribution in [1.82, 2.24) is 9.97 Å². The van der Waals surface area contributed by atoms with Gasteiger partial charge < -0.3 is 19.3 Å². The second-order valence-electron chi connectivity index (χ2n) is 7.19. The summed E-state index contributed by atoms with van der Waals surface area (Å²) in [7, 11) is 6.84. The van der Waals surface area contributed by atoms with Gasteiger partial charge in [-0.2, -0.15) is 0 Å². The molecule has 0 radical (unpaired) electrons. The van der Waals surface area contributed by atoms with Gasteiger partial charge in [-0.05, 0) is 31.5 Å². The summed E-state index contributed by atoms with van der Waals surface area (Å²) >= 11 is 0. The lowest BCUT2D eigenvalue weighted by Crippen LogP contribution is -2.24. The van der Waals surface area contributed by atoms with Crippen LogP contribution in [-0.2, 0) is 6.54 Å². The molecule has 30 heavy (non-hydrogen) atoms. The fourth-order valence-electron chi connectivity index (χ4n) is 3.43. The van der Waals surface area contributed by atoms with Gasteiger partial charge >= 0.3 is 0 Å². The van der Waals surface area contributed by atoms with Crippen molar-refractivity contribution in [3.63, 3.8) is 0 Å². The smallest absolute Gasteiger partial charge is 0.260 e. The van der Waals surface area contributed by atoms with Crippen molar-refractivity contribution < 1.29 is 9.47 Å². The number of nitrogens with one attached hydrogen (secondary N) is 2. The number of rotatable bonds is 6. The number of hydrogen-bond acceptors (Lipinski definition) is 6. The molecule has 1 aromatic heterocycles. The number of benzene rings is 2. The van der Waals surface area contributed by atoms with E-state index in [0.29, 0.717) is 46.3 Å². The Morgan fingerprint density at radius 3 is 2.57 bits per heavy atom. The maximum atomic E-state index is 12.8. The highest BCUT2D eigenvalue weighted by Crippen LogP contribution is 2.35. The first-order valence-electron chi connectivity index (χ1n) is 9.51. The number of nitrogens with zero attached hydrogens (tertiary/aromatic N) is 3. The molecule has 2 aromatic carbocycles. The minimum Gasteiger partial charge on any atom is -0.493 e. The fraction of sp³-hybridized carbons (Fsp3) is 0.318. The van der Waals surface area contributed by atoms with Gasteiger partial charge in [0.25, 0.3) is 5.56 Å². The van der Waals surface area contributed by atoms with Crippen LogP contribution in [0.15, 0.2) is 35.1 Å². The molecule has 2 N–H and O–H groups in total. The number of methoxy groups -OCH3 is 2. The number of ether oxygens (including phenoxy) is 2. The van der Waals surface area contributed by atoms with Crippen LogP contribution in [0, 0.1) is 12.3 Å². The molecular formula is C22H27N5O3. The van der Waals surface area contributed by atoms with E-state index in [2.05, 4.69) is 9.97 Å². The van der Waals surface area contributed by atoms with Crippen molar-refractivity contribution in [1.29, 1.82) is 5.41 Å². The van der Waals surface area contributed by atoms with Crippen LogP contribution in [0.2, 0.25) is 0 Å². The van der Waals surface area contributed by atoms with E-state index >= 15 is 0 Å². The van der Waals surface area contributed by atoms with E-state index in [4.69, 9.17) is 14.9 Å². The molecule has 0 unspecified atom stereocenters. The third kappa shape index (κ3) is 3.94. The molecule has 0 saturated carbocycles. The summed E-state index contributed by atoms with van der Waals surface area (Å²) in [5.74, 6) is 1.98. The van der Waals surface area contributed by atoms with Gasteiger partial charge in [-0.15, -0.1) is 0 Å². The van der Waals surface area contributed by atoms with Crippen LogP contribution in [0.4, 0.5) is 11.6 Å². The maximum Gasteiger partial charge on any atom is 0.260 e. The molecular weight excluding hydrogens is 382 g/mol. The Hall–Kier alpha value is -3.55. The number of aromatic amines is 1. The zero-order chi connectivity index (χ0) is 22.0. The first-order valence-corrected chi connectivity index (χ1v) is 9.51. The van der Waals surface area contributed by atoms with E-state index in [-0.39, 0.29) is 5.56 Å². The summed E-state index contributed by atoms with van der Waals surface area (Å²) < 4.78 is 10.8. The predicted octanol–water partition coefficient (Wildman–Crippen LogP) is 3.32. The molecule has 0 spiro atoms. The minimum absolute atomic E-state index is 0.229. The van der Waals surface area contributed by atoms with E-state index in [0.717, 1.165) is 11.3 Å². The number of hydrogen-bond donors (Lipinski definition) is 2. The summed E-state index contributed by atoms with van der Waals surface area (Å²) in [6, 6.07) is 9.65. The highest BCUT2D eigenvalue weighted by atomic mass is 16.5. The first kappa shape index (κ1) is 21.2. The molecule has 1 heterocycles. The molecule has 0 aliphatic rings. The zero-order valence-electron chi connectivity index (χ0n) is 18.2. The Morgan fingerprint density at radius 1 is 1.20 bits per heavy atom. The van der Waals surface area contributed by atoms with Gasteiger partial charge in [0.1, 0.15) is 0 Å². The zero-order valence-corrected chi connectivity index (χ0v) is 18.2. The second kappa shape index (κ2) is 8.44.